The van der Waals surface area contributed by atoms with Crippen molar-refractivity contribution in [3.05, 3.63) is 48.0 Å². The number of hydrogen-bond acceptors (Lipinski definition) is 1. The van der Waals surface area contributed by atoms with Crippen LogP contribution in [0, 0.1) is 0 Å². The molecule has 0 atom stereocenters. The fourth-order valence-electron chi connectivity index (χ4n) is 1.92. The van der Waals surface area contributed by atoms with Crippen molar-refractivity contribution in [3.63, 3.8) is 0 Å². The van der Waals surface area contributed by atoms with Crippen molar-refractivity contribution < 1.29 is 4.79 Å². The summed E-state index contributed by atoms with van der Waals surface area (Å²) in [6.07, 6.45) is 0.851. The summed E-state index contributed by atoms with van der Waals surface area (Å²) in [4.78, 5) is 13.0. The summed E-state index contributed by atoms with van der Waals surface area (Å²) in [6, 6.07) is 14.7. The Hall–Kier alpha value is -1.54. The third-order valence-corrected chi connectivity index (χ3v) is 3.32. The molecule has 1 amide bonds. The first-order valence-electron chi connectivity index (χ1n) is 5.98. The van der Waals surface area contributed by atoms with Gasteiger partial charge in [0.15, 0.2) is 0 Å². The lowest BCUT2D eigenvalue weighted by atomic mass is 10.1. The molecule has 0 heterocycles. The molecule has 0 spiro atoms. The van der Waals surface area contributed by atoms with E-state index in [1.54, 1.807) is 11.9 Å². The molecule has 2 rings (SSSR count). The van der Waals surface area contributed by atoms with Crippen LogP contribution in [0.3, 0.4) is 0 Å². The Morgan fingerprint density at radius 2 is 1.89 bits per heavy atom. The summed E-state index contributed by atoms with van der Waals surface area (Å²) >= 11 is 5.52. The molecule has 0 saturated carbocycles. The van der Waals surface area contributed by atoms with E-state index in [0.29, 0.717) is 6.54 Å². The SMILES string of the molecule is CN(CCc1ccc2ccccc2c1)C(=O)CCl. The molecule has 0 saturated heterocycles. The van der Waals surface area contributed by atoms with E-state index in [1.165, 1.54) is 16.3 Å². The molecule has 0 aliphatic carbocycles. The molecule has 0 unspecified atom stereocenters. The molecular formula is C15H16ClNO. The molecule has 2 nitrogen and oxygen atoms in total. The van der Waals surface area contributed by atoms with Gasteiger partial charge in [-0.3, -0.25) is 4.79 Å². The minimum Gasteiger partial charge on any atom is -0.344 e. The average molecular weight is 262 g/mol. The fraction of sp³-hybridized carbons (Fsp3) is 0.267. The summed E-state index contributed by atoms with van der Waals surface area (Å²) in [6.45, 7) is 0.698. The van der Waals surface area contributed by atoms with Crippen LogP contribution in [0.4, 0.5) is 0 Å². The van der Waals surface area contributed by atoms with Crippen molar-refractivity contribution in [1.29, 1.82) is 0 Å². The highest BCUT2D eigenvalue weighted by Gasteiger charge is 2.06. The Labute approximate surface area is 112 Å². The minimum atomic E-state index is -0.0301. The highest BCUT2D eigenvalue weighted by atomic mass is 35.5. The van der Waals surface area contributed by atoms with E-state index in [-0.39, 0.29) is 11.8 Å². The lowest BCUT2D eigenvalue weighted by molar-refractivity contribution is -0.127. The van der Waals surface area contributed by atoms with Gasteiger partial charge >= 0.3 is 0 Å². The van der Waals surface area contributed by atoms with Crippen LogP contribution in [0.1, 0.15) is 5.56 Å². The number of likely N-dealkylation sites (N-methyl/N-ethyl adjacent to an activating group) is 1. The number of amides is 1. The van der Waals surface area contributed by atoms with Crippen LogP contribution in [0.2, 0.25) is 0 Å². The maximum absolute atomic E-state index is 11.3. The molecule has 2 aromatic rings. The van der Waals surface area contributed by atoms with Crippen molar-refractivity contribution in [2.75, 3.05) is 19.5 Å². The second kappa shape index (κ2) is 5.87. The number of hydrogen-bond donors (Lipinski definition) is 0. The van der Waals surface area contributed by atoms with E-state index in [0.717, 1.165) is 6.42 Å². The van der Waals surface area contributed by atoms with Gasteiger partial charge in [0, 0.05) is 13.6 Å². The maximum atomic E-state index is 11.3. The Morgan fingerprint density at radius 1 is 1.17 bits per heavy atom. The number of carbonyl (C=O) groups is 1. The van der Waals surface area contributed by atoms with Gasteiger partial charge in [0.05, 0.1) is 0 Å². The van der Waals surface area contributed by atoms with E-state index in [4.69, 9.17) is 11.6 Å². The molecule has 0 aromatic heterocycles. The molecule has 18 heavy (non-hydrogen) atoms. The Bertz CT molecular complexity index is 553. The number of halogens is 1. The molecule has 0 radical (unpaired) electrons. The molecule has 0 bridgehead atoms. The fourth-order valence-corrected chi connectivity index (χ4v) is 2.12. The Balaban J connectivity index is 2.06. The van der Waals surface area contributed by atoms with Gasteiger partial charge in [0.25, 0.3) is 0 Å². The molecule has 2 aromatic carbocycles. The van der Waals surface area contributed by atoms with Crippen molar-refractivity contribution in [1.82, 2.24) is 4.90 Å². The zero-order chi connectivity index (χ0) is 13.0. The van der Waals surface area contributed by atoms with Gasteiger partial charge in [0.2, 0.25) is 5.91 Å². The highest BCUT2D eigenvalue weighted by Crippen LogP contribution is 2.16. The van der Waals surface area contributed by atoms with Crippen molar-refractivity contribution >= 4 is 28.3 Å². The van der Waals surface area contributed by atoms with Crippen LogP contribution in [0.25, 0.3) is 10.8 Å². The van der Waals surface area contributed by atoms with Gasteiger partial charge in [-0.2, -0.15) is 0 Å². The summed E-state index contributed by atoms with van der Waals surface area (Å²) in [5, 5.41) is 2.48. The largest absolute Gasteiger partial charge is 0.344 e. The van der Waals surface area contributed by atoms with Gasteiger partial charge in [-0.25, -0.2) is 0 Å². The maximum Gasteiger partial charge on any atom is 0.237 e. The molecular weight excluding hydrogens is 246 g/mol. The van der Waals surface area contributed by atoms with Crippen molar-refractivity contribution in [2.45, 2.75) is 6.42 Å². The molecule has 0 N–H and O–H groups in total. The van der Waals surface area contributed by atoms with Crippen molar-refractivity contribution in [2.24, 2.45) is 0 Å². The Kier molecular flexibility index (Phi) is 4.21. The lowest BCUT2D eigenvalue weighted by Crippen LogP contribution is -2.29. The second-order valence-electron chi connectivity index (χ2n) is 4.38. The summed E-state index contributed by atoms with van der Waals surface area (Å²) in [7, 11) is 1.78. The lowest BCUT2D eigenvalue weighted by Gasteiger charge is -2.15. The molecule has 3 heteroatoms. The number of nitrogens with zero attached hydrogens (tertiary/aromatic N) is 1. The minimum absolute atomic E-state index is 0.0301. The summed E-state index contributed by atoms with van der Waals surface area (Å²) in [5.74, 6) is 0.0197. The normalized spacial score (nSPS) is 10.6. The first-order valence-corrected chi connectivity index (χ1v) is 6.52. The van der Waals surface area contributed by atoms with Crippen LogP contribution in [-0.2, 0) is 11.2 Å². The summed E-state index contributed by atoms with van der Waals surface area (Å²) in [5.41, 5.74) is 1.24. The quantitative estimate of drug-likeness (QED) is 0.775. The first-order chi connectivity index (χ1) is 8.70. The number of fused-ring (bicyclic) bond motifs is 1. The topological polar surface area (TPSA) is 20.3 Å². The molecule has 0 aliphatic rings. The van der Waals surface area contributed by atoms with Crippen LogP contribution < -0.4 is 0 Å². The van der Waals surface area contributed by atoms with Crippen LogP contribution in [0.15, 0.2) is 42.5 Å². The first kappa shape index (κ1) is 12.9. The van der Waals surface area contributed by atoms with Gasteiger partial charge in [-0.05, 0) is 22.8 Å². The number of benzene rings is 2. The zero-order valence-corrected chi connectivity index (χ0v) is 11.2. The van der Waals surface area contributed by atoms with Gasteiger partial charge < -0.3 is 4.90 Å². The third kappa shape index (κ3) is 3.02. The smallest absolute Gasteiger partial charge is 0.237 e. The molecule has 0 fully saturated rings. The van der Waals surface area contributed by atoms with E-state index in [1.807, 2.05) is 12.1 Å². The van der Waals surface area contributed by atoms with Crippen LogP contribution in [0.5, 0.6) is 0 Å². The van der Waals surface area contributed by atoms with Crippen molar-refractivity contribution in [3.8, 4) is 0 Å². The van der Waals surface area contributed by atoms with Gasteiger partial charge in [-0.1, -0.05) is 42.5 Å². The standard InChI is InChI=1S/C15H16ClNO/c1-17(15(18)11-16)9-8-12-6-7-13-4-2-3-5-14(13)10-12/h2-7,10H,8-9,11H2,1H3. The molecule has 0 aliphatic heterocycles. The van der Waals surface area contributed by atoms with E-state index in [2.05, 4.69) is 30.3 Å². The van der Waals surface area contributed by atoms with E-state index >= 15 is 0 Å². The van der Waals surface area contributed by atoms with Crippen LogP contribution >= 0.6 is 11.6 Å². The second-order valence-corrected chi connectivity index (χ2v) is 4.65. The number of alkyl halides is 1. The van der Waals surface area contributed by atoms with Crippen LogP contribution in [-0.4, -0.2) is 30.3 Å². The van der Waals surface area contributed by atoms with Gasteiger partial charge in [0.1, 0.15) is 5.88 Å². The zero-order valence-electron chi connectivity index (χ0n) is 10.4. The Morgan fingerprint density at radius 3 is 2.61 bits per heavy atom. The number of rotatable bonds is 4. The third-order valence-electron chi connectivity index (χ3n) is 3.09. The predicted molar refractivity (Wildman–Crippen MR) is 76.0 cm³/mol. The number of carbonyl (C=O) groups excluding carboxylic acids is 1. The van der Waals surface area contributed by atoms with E-state index < -0.39 is 0 Å². The predicted octanol–water partition coefficient (Wildman–Crippen LogP) is 3.08. The van der Waals surface area contributed by atoms with E-state index in [9.17, 15) is 4.79 Å². The molecule has 94 valence electrons. The monoisotopic (exact) mass is 261 g/mol. The summed E-state index contributed by atoms with van der Waals surface area (Å²) < 4.78 is 0. The van der Waals surface area contributed by atoms with Gasteiger partial charge in [-0.15, -0.1) is 11.6 Å². The average Bonchev–Trinajstić information content (AvgIpc) is 2.43. The highest BCUT2D eigenvalue weighted by molar-refractivity contribution is 6.27.